The summed E-state index contributed by atoms with van der Waals surface area (Å²) in [6.45, 7) is 2.01. The van der Waals surface area contributed by atoms with Crippen LogP contribution in [0.3, 0.4) is 0 Å². The fraction of sp³-hybridized carbons (Fsp3) is 0.350. The zero-order valence-corrected chi connectivity index (χ0v) is 17.3. The van der Waals surface area contributed by atoms with Gasteiger partial charge in [0.05, 0.1) is 12.3 Å². The van der Waals surface area contributed by atoms with Crippen LogP contribution in [0.4, 0.5) is 5.82 Å². The molecule has 0 bridgehead atoms. The summed E-state index contributed by atoms with van der Waals surface area (Å²) in [5.74, 6) is -0.553. The molecule has 0 saturated heterocycles. The molecule has 2 N–H and O–H groups in total. The highest BCUT2D eigenvalue weighted by atomic mass is 32.2. The Morgan fingerprint density at radius 2 is 1.93 bits per heavy atom. The van der Waals surface area contributed by atoms with Gasteiger partial charge in [0.1, 0.15) is 17.7 Å². The van der Waals surface area contributed by atoms with Crippen molar-refractivity contribution in [2.24, 2.45) is 0 Å². The molecular formula is C20H22N6O3S. The molecule has 0 amide bonds. The molecule has 1 saturated carbocycles. The molecule has 0 aliphatic heterocycles. The van der Waals surface area contributed by atoms with Crippen molar-refractivity contribution in [3.63, 3.8) is 0 Å². The zero-order chi connectivity index (χ0) is 21.3. The van der Waals surface area contributed by atoms with Crippen molar-refractivity contribution in [1.82, 2.24) is 23.9 Å². The fourth-order valence-corrected chi connectivity index (χ4v) is 4.17. The van der Waals surface area contributed by atoms with E-state index in [1.165, 1.54) is 16.3 Å². The lowest BCUT2D eigenvalue weighted by Crippen LogP contribution is -2.44. The third-order valence-corrected chi connectivity index (χ3v) is 6.02. The Hall–Kier alpha value is -3.14. The number of nitrogens with two attached hydrogens (primary N) is 1. The number of thioether (sulfide) groups is 1. The van der Waals surface area contributed by atoms with E-state index in [-0.39, 0.29) is 30.2 Å². The van der Waals surface area contributed by atoms with Crippen molar-refractivity contribution in [3.8, 4) is 0 Å². The molecule has 2 aromatic heterocycles. The first kappa shape index (κ1) is 20.1. The topological polar surface area (TPSA) is 118 Å². The Kier molecular flexibility index (Phi) is 5.58. The van der Waals surface area contributed by atoms with Crippen LogP contribution in [0.5, 0.6) is 0 Å². The van der Waals surface area contributed by atoms with Gasteiger partial charge in [0.15, 0.2) is 10.9 Å². The quantitative estimate of drug-likeness (QED) is 0.429. The van der Waals surface area contributed by atoms with Gasteiger partial charge in [-0.05, 0) is 25.3 Å². The molecule has 30 heavy (non-hydrogen) atoms. The van der Waals surface area contributed by atoms with E-state index < -0.39 is 17.0 Å². The van der Waals surface area contributed by atoms with E-state index in [1.807, 2.05) is 34.9 Å². The number of carbonyl (C=O) groups excluding carboxylic acids is 1. The second-order valence-electron chi connectivity index (χ2n) is 7.13. The minimum atomic E-state index is -0.654. The SMILES string of the molecule is CCn1c(=O)c(C(=O)CSc2nncn2C2CC2)c(N)n(Cc2ccccc2)c1=O. The van der Waals surface area contributed by atoms with Crippen LogP contribution in [0.2, 0.25) is 0 Å². The lowest BCUT2D eigenvalue weighted by Gasteiger charge is -2.15. The molecule has 3 aromatic rings. The third kappa shape index (κ3) is 3.82. The van der Waals surface area contributed by atoms with Crippen molar-refractivity contribution in [1.29, 1.82) is 0 Å². The number of hydrogen-bond acceptors (Lipinski definition) is 7. The average molecular weight is 427 g/mol. The van der Waals surface area contributed by atoms with Gasteiger partial charge < -0.3 is 10.3 Å². The van der Waals surface area contributed by atoms with Gasteiger partial charge in [-0.1, -0.05) is 42.1 Å². The largest absolute Gasteiger partial charge is 0.384 e. The minimum Gasteiger partial charge on any atom is -0.384 e. The standard InChI is InChI=1S/C20H22N6O3S/c1-2-24-18(28)16(15(27)11-30-19-23-22-12-26(19)14-8-9-14)17(21)25(20(24)29)10-13-6-4-3-5-7-13/h3-7,12,14H,2,8-11,21H2,1H3. The number of nitrogen functional groups attached to an aromatic ring is 1. The molecule has 0 unspecified atom stereocenters. The van der Waals surface area contributed by atoms with Gasteiger partial charge in [0, 0.05) is 12.6 Å². The molecule has 0 radical (unpaired) electrons. The van der Waals surface area contributed by atoms with Crippen LogP contribution in [0.25, 0.3) is 0 Å². The Morgan fingerprint density at radius 1 is 1.20 bits per heavy atom. The van der Waals surface area contributed by atoms with Crippen molar-refractivity contribution in [3.05, 3.63) is 68.6 Å². The van der Waals surface area contributed by atoms with Gasteiger partial charge in [-0.2, -0.15) is 0 Å². The maximum Gasteiger partial charge on any atom is 0.332 e. The van der Waals surface area contributed by atoms with Crippen LogP contribution in [-0.4, -0.2) is 35.4 Å². The number of nitrogens with zero attached hydrogens (tertiary/aromatic N) is 5. The Balaban J connectivity index is 1.66. The van der Waals surface area contributed by atoms with E-state index in [2.05, 4.69) is 10.2 Å². The van der Waals surface area contributed by atoms with Gasteiger partial charge in [0.25, 0.3) is 5.56 Å². The van der Waals surface area contributed by atoms with Gasteiger partial charge in [0.2, 0.25) is 0 Å². The van der Waals surface area contributed by atoms with Crippen LogP contribution >= 0.6 is 11.8 Å². The monoisotopic (exact) mass is 426 g/mol. The maximum atomic E-state index is 13.0. The Bertz CT molecular complexity index is 1190. The van der Waals surface area contributed by atoms with Gasteiger partial charge in [-0.3, -0.25) is 18.7 Å². The highest BCUT2D eigenvalue weighted by Gasteiger charge is 2.27. The molecule has 0 spiro atoms. The first-order valence-electron chi connectivity index (χ1n) is 9.73. The normalized spacial score (nSPS) is 13.5. The van der Waals surface area contributed by atoms with Crippen molar-refractivity contribution < 1.29 is 4.79 Å². The summed E-state index contributed by atoms with van der Waals surface area (Å²) in [6, 6.07) is 9.67. The molecule has 0 atom stereocenters. The first-order valence-corrected chi connectivity index (χ1v) is 10.7. The molecule has 10 heteroatoms. The second kappa shape index (κ2) is 8.31. The minimum absolute atomic E-state index is 0.0158. The van der Waals surface area contributed by atoms with Crippen molar-refractivity contribution in [2.45, 2.75) is 44.1 Å². The Morgan fingerprint density at radius 3 is 2.60 bits per heavy atom. The van der Waals surface area contributed by atoms with Crippen LogP contribution in [0.1, 0.15) is 41.7 Å². The van der Waals surface area contributed by atoms with E-state index in [9.17, 15) is 14.4 Å². The predicted molar refractivity (Wildman–Crippen MR) is 114 cm³/mol. The fourth-order valence-electron chi connectivity index (χ4n) is 3.32. The summed E-state index contributed by atoms with van der Waals surface area (Å²) in [5, 5.41) is 8.61. The number of hydrogen-bond donors (Lipinski definition) is 1. The molecule has 2 heterocycles. The lowest BCUT2D eigenvalue weighted by molar-refractivity contribution is 0.102. The smallest absolute Gasteiger partial charge is 0.332 e. The highest BCUT2D eigenvalue weighted by Crippen LogP contribution is 2.37. The van der Waals surface area contributed by atoms with Gasteiger partial charge in [-0.15, -0.1) is 10.2 Å². The van der Waals surface area contributed by atoms with E-state index in [0.717, 1.165) is 23.0 Å². The van der Waals surface area contributed by atoms with Gasteiger partial charge in [-0.25, -0.2) is 4.79 Å². The number of benzene rings is 1. The summed E-state index contributed by atoms with van der Waals surface area (Å²) < 4.78 is 4.27. The highest BCUT2D eigenvalue weighted by molar-refractivity contribution is 7.99. The third-order valence-electron chi connectivity index (χ3n) is 5.06. The molecule has 1 aromatic carbocycles. The van der Waals surface area contributed by atoms with Crippen LogP contribution in [0.15, 0.2) is 51.4 Å². The van der Waals surface area contributed by atoms with Gasteiger partial charge >= 0.3 is 5.69 Å². The molecule has 4 rings (SSSR count). The molecule has 1 aliphatic rings. The Labute approximate surface area is 176 Å². The number of rotatable bonds is 8. The number of anilines is 1. The summed E-state index contributed by atoms with van der Waals surface area (Å²) in [7, 11) is 0. The lowest BCUT2D eigenvalue weighted by atomic mass is 10.2. The number of carbonyl (C=O) groups is 1. The average Bonchev–Trinajstić information content (AvgIpc) is 3.48. The zero-order valence-electron chi connectivity index (χ0n) is 16.5. The van der Waals surface area contributed by atoms with Crippen molar-refractivity contribution in [2.75, 3.05) is 11.5 Å². The molecule has 156 valence electrons. The molecule has 9 nitrogen and oxygen atoms in total. The summed E-state index contributed by atoms with van der Waals surface area (Å²) in [6.07, 6.45) is 3.79. The van der Waals surface area contributed by atoms with E-state index >= 15 is 0 Å². The van der Waals surface area contributed by atoms with Crippen molar-refractivity contribution >= 4 is 23.4 Å². The number of ketones is 1. The molecular weight excluding hydrogens is 404 g/mol. The maximum absolute atomic E-state index is 13.0. The molecule has 1 aliphatic carbocycles. The summed E-state index contributed by atoms with van der Waals surface area (Å²) >= 11 is 1.22. The first-order chi connectivity index (χ1) is 14.5. The second-order valence-corrected chi connectivity index (χ2v) is 8.07. The summed E-state index contributed by atoms with van der Waals surface area (Å²) in [4.78, 5) is 38.6. The molecule has 1 fully saturated rings. The van der Waals surface area contributed by atoms with E-state index in [0.29, 0.717) is 11.2 Å². The van der Waals surface area contributed by atoms with Crippen LogP contribution < -0.4 is 17.0 Å². The van der Waals surface area contributed by atoms with Crippen LogP contribution in [-0.2, 0) is 13.1 Å². The number of Topliss-reactive ketones (excluding diaryl/α,β-unsaturated/α-hetero) is 1. The predicted octanol–water partition coefficient (Wildman–Crippen LogP) is 1.56. The number of aromatic nitrogens is 5. The van der Waals surface area contributed by atoms with E-state index in [4.69, 9.17) is 5.73 Å². The van der Waals surface area contributed by atoms with Crippen LogP contribution in [0, 0.1) is 0 Å². The van der Waals surface area contributed by atoms with E-state index in [1.54, 1.807) is 13.3 Å². The summed E-state index contributed by atoms with van der Waals surface area (Å²) in [5.41, 5.74) is 5.69.